The Kier molecular flexibility index (Phi) is 3.89. The van der Waals surface area contributed by atoms with Crippen molar-refractivity contribution in [3.8, 4) is 0 Å². The van der Waals surface area contributed by atoms with Crippen molar-refractivity contribution in [3.63, 3.8) is 0 Å². The zero-order valence-electron chi connectivity index (χ0n) is 11.1. The third-order valence-corrected chi connectivity index (χ3v) is 2.90. The lowest BCUT2D eigenvalue weighted by Gasteiger charge is -2.10. The third-order valence-electron chi connectivity index (χ3n) is 2.90. The van der Waals surface area contributed by atoms with Gasteiger partial charge in [0.25, 0.3) is 5.91 Å². The fourth-order valence-corrected chi connectivity index (χ4v) is 1.89. The minimum Gasteiger partial charge on any atom is -0.480 e. The molecule has 1 unspecified atom stereocenters. The van der Waals surface area contributed by atoms with Gasteiger partial charge in [0.05, 0.1) is 0 Å². The van der Waals surface area contributed by atoms with Crippen LogP contribution < -0.4 is 5.32 Å². The first-order valence-corrected chi connectivity index (χ1v) is 6.16. The van der Waals surface area contributed by atoms with Gasteiger partial charge in [0.15, 0.2) is 5.76 Å². The molecule has 2 aromatic rings. The molecular formula is C15H15NO4. The molecule has 5 heteroatoms. The molecule has 2 N–H and O–H groups in total. The summed E-state index contributed by atoms with van der Waals surface area (Å²) in [7, 11) is 0. The van der Waals surface area contributed by atoms with E-state index in [1.54, 1.807) is 12.1 Å². The number of carboxylic acids is 1. The Labute approximate surface area is 115 Å². The number of nitrogens with one attached hydrogen (secondary N) is 1. The summed E-state index contributed by atoms with van der Waals surface area (Å²) in [6.45, 7) is 5.41. The van der Waals surface area contributed by atoms with E-state index in [1.807, 2.05) is 19.1 Å². The summed E-state index contributed by atoms with van der Waals surface area (Å²) in [6, 6.07) is 6.15. The highest BCUT2D eigenvalue weighted by molar-refractivity contribution is 5.98. The smallest absolute Gasteiger partial charge is 0.326 e. The molecule has 0 radical (unpaired) electrons. The maximum Gasteiger partial charge on any atom is 0.326 e. The van der Waals surface area contributed by atoms with E-state index < -0.39 is 17.9 Å². The van der Waals surface area contributed by atoms with Crippen LogP contribution in [0.15, 0.2) is 41.3 Å². The molecule has 0 fully saturated rings. The van der Waals surface area contributed by atoms with Crippen LogP contribution in [0.2, 0.25) is 0 Å². The molecule has 1 atom stereocenters. The van der Waals surface area contributed by atoms with Crippen molar-refractivity contribution < 1.29 is 19.1 Å². The highest BCUT2D eigenvalue weighted by atomic mass is 16.4. The fraction of sp³-hybridized carbons (Fsp3) is 0.200. The first-order chi connectivity index (χ1) is 9.51. The van der Waals surface area contributed by atoms with Gasteiger partial charge >= 0.3 is 5.97 Å². The molecule has 1 aromatic carbocycles. The van der Waals surface area contributed by atoms with Crippen molar-refractivity contribution in [2.24, 2.45) is 0 Å². The van der Waals surface area contributed by atoms with Crippen molar-refractivity contribution in [1.82, 2.24) is 5.32 Å². The normalized spacial score (nSPS) is 12.1. The molecule has 0 aliphatic rings. The molecule has 20 heavy (non-hydrogen) atoms. The van der Waals surface area contributed by atoms with E-state index >= 15 is 0 Å². The van der Waals surface area contributed by atoms with Crippen LogP contribution in [0.25, 0.3) is 11.0 Å². The van der Waals surface area contributed by atoms with Crippen LogP contribution in [0.1, 0.15) is 22.5 Å². The van der Waals surface area contributed by atoms with E-state index in [1.165, 1.54) is 6.08 Å². The molecular weight excluding hydrogens is 258 g/mol. The van der Waals surface area contributed by atoms with Crippen LogP contribution in [0.4, 0.5) is 0 Å². The van der Waals surface area contributed by atoms with Gasteiger partial charge in [-0.1, -0.05) is 17.7 Å². The van der Waals surface area contributed by atoms with E-state index in [4.69, 9.17) is 9.52 Å². The van der Waals surface area contributed by atoms with Crippen molar-refractivity contribution >= 4 is 22.8 Å². The largest absolute Gasteiger partial charge is 0.480 e. The summed E-state index contributed by atoms with van der Waals surface area (Å²) in [5.41, 5.74) is 1.65. The lowest BCUT2D eigenvalue weighted by Crippen LogP contribution is -2.40. The fourth-order valence-electron chi connectivity index (χ4n) is 1.89. The SMILES string of the molecule is C=CCC(NC(=O)c1cc2cc(C)ccc2o1)C(=O)O. The molecule has 1 amide bonds. The summed E-state index contributed by atoms with van der Waals surface area (Å²) < 4.78 is 5.41. The minimum atomic E-state index is -1.11. The van der Waals surface area contributed by atoms with E-state index in [0.29, 0.717) is 5.58 Å². The van der Waals surface area contributed by atoms with Crippen molar-refractivity contribution in [3.05, 3.63) is 48.2 Å². The summed E-state index contributed by atoms with van der Waals surface area (Å²) >= 11 is 0. The van der Waals surface area contributed by atoms with E-state index in [9.17, 15) is 9.59 Å². The average Bonchev–Trinajstić information content (AvgIpc) is 2.80. The van der Waals surface area contributed by atoms with Crippen LogP contribution in [0.5, 0.6) is 0 Å². The van der Waals surface area contributed by atoms with E-state index in [2.05, 4.69) is 11.9 Å². The number of rotatable bonds is 5. The standard InChI is InChI=1S/C15H15NO4/c1-3-4-11(15(18)19)16-14(17)13-8-10-7-9(2)5-6-12(10)20-13/h3,5-8,11H,1,4H2,2H3,(H,16,17)(H,18,19). The van der Waals surface area contributed by atoms with Crippen molar-refractivity contribution in [2.75, 3.05) is 0 Å². The maximum atomic E-state index is 12.0. The van der Waals surface area contributed by atoms with Crippen LogP contribution in [-0.4, -0.2) is 23.0 Å². The maximum absolute atomic E-state index is 12.0. The van der Waals surface area contributed by atoms with Gasteiger partial charge in [-0.25, -0.2) is 4.79 Å². The quantitative estimate of drug-likeness (QED) is 0.820. The highest BCUT2D eigenvalue weighted by Gasteiger charge is 2.21. The summed E-state index contributed by atoms with van der Waals surface area (Å²) in [6.07, 6.45) is 1.60. The Bertz CT molecular complexity index is 672. The number of carbonyl (C=O) groups is 2. The molecule has 0 saturated heterocycles. The predicted octanol–water partition coefficient (Wildman–Crippen LogP) is 2.50. The topological polar surface area (TPSA) is 79.5 Å². The lowest BCUT2D eigenvalue weighted by atomic mass is 10.2. The van der Waals surface area contributed by atoms with E-state index in [-0.39, 0.29) is 12.2 Å². The molecule has 2 rings (SSSR count). The monoisotopic (exact) mass is 273 g/mol. The Hall–Kier alpha value is -2.56. The molecule has 5 nitrogen and oxygen atoms in total. The Balaban J connectivity index is 2.22. The van der Waals surface area contributed by atoms with Crippen LogP contribution in [-0.2, 0) is 4.79 Å². The molecule has 0 aliphatic carbocycles. The van der Waals surface area contributed by atoms with Gasteiger partial charge in [-0.2, -0.15) is 0 Å². The zero-order valence-corrected chi connectivity index (χ0v) is 11.1. The summed E-state index contributed by atoms with van der Waals surface area (Å²) in [5, 5.41) is 12.2. The molecule has 104 valence electrons. The number of hydrogen-bond acceptors (Lipinski definition) is 3. The van der Waals surface area contributed by atoms with Crippen molar-refractivity contribution in [1.29, 1.82) is 0 Å². The lowest BCUT2D eigenvalue weighted by molar-refractivity contribution is -0.139. The van der Waals surface area contributed by atoms with Crippen LogP contribution in [0, 0.1) is 6.92 Å². The Morgan fingerprint density at radius 1 is 1.45 bits per heavy atom. The zero-order chi connectivity index (χ0) is 14.7. The van der Waals surface area contributed by atoms with Gasteiger partial charge in [0.1, 0.15) is 11.6 Å². The number of benzene rings is 1. The van der Waals surface area contributed by atoms with Gasteiger partial charge < -0.3 is 14.8 Å². The van der Waals surface area contributed by atoms with Crippen molar-refractivity contribution in [2.45, 2.75) is 19.4 Å². The predicted molar refractivity (Wildman–Crippen MR) is 74.7 cm³/mol. The van der Waals surface area contributed by atoms with Gasteiger partial charge in [0, 0.05) is 5.39 Å². The van der Waals surface area contributed by atoms with Gasteiger partial charge in [-0.05, 0) is 31.5 Å². The first kappa shape index (κ1) is 13.9. The molecule has 1 aromatic heterocycles. The number of aryl methyl sites for hydroxylation is 1. The number of aliphatic carboxylic acids is 1. The molecule has 0 spiro atoms. The van der Waals surface area contributed by atoms with E-state index in [0.717, 1.165) is 10.9 Å². The average molecular weight is 273 g/mol. The number of carboxylic acid groups (broad SMARTS) is 1. The first-order valence-electron chi connectivity index (χ1n) is 6.16. The molecule has 1 heterocycles. The third kappa shape index (κ3) is 2.88. The Morgan fingerprint density at radius 3 is 2.85 bits per heavy atom. The number of carbonyl (C=O) groups excluding carboxylic acids is 1. The second-order valence-corrected chi connectivity index (χ2v) is 4.54. The Morgan fingerprint density at radius 2 is 2.20 bits per heavy atom. The van der Waals surface area contributed by atoms with Gasteiger partial charge in [0.2, 0.25) is 0 Å². The van der Waals surface area contributed by atoms with Crippen LogP contribution in [0.3, 0.4) is 0 Å². The molecule has 0 aliphatic heterocycles. The second kappa shape index (κ2) is 5.61. The summed E-state index contributed by atoms with van der Waals surface area (Å²) in [4.78, 5) is 23.0. The molecule has 0 bridgehead atoms. The second-order valence-electron chi connectivity index (χ2n) is 4.54. The summed E-state index contributed by atoms with van der Waals surface area (Å²) in [5.74, 6) is -1.56. The number of fused-ring (bicyclic) bond motifs is 1. The van der Waals surface area contributed by atoms with Gasteiger partial charge in [-0.15, -0.1) is 6.58 Å². The number of furan rings is 1. The minimum absolute atomic E-state index is 0.0981. The van der Waals surface area contributed by atoms with Crippen LogP contribution >= 0.6 is 0 Å². The number of amides is 1. The highest BCUT2D eigenvalue weighted by Crippen LogP contribution is 2.20. The molecule has 0 saturated carbocycles. The van der Waals surface area contributed by atoms with Gasteiger partial charge in [-0.3, -0.25) is 4.79 Å². The number of hydrogen-bond donors (Lipinski definition) is 2.